The summed E-state index contributed by atoms with van der Waals surface area (Å²) in [7, 11) is 0. The maximum Gasteiger partial charge on any atom is 0.342 e. The number of non-ortho nitro benzene ring substituents is 1. The van der Waals surface area contributed by atoms with Gasteiger partial charge in [-0.3, -0.25) is 25.0 Å². The second-order valence-corrected chi connectivity index (χ2v) is 5.50. The van der Waals surface area contributed by atoms with E-state index in [0.717, 1.165) is 6.08 Å². The average molecular weight is 387 g/mol. The van der Waals surface area contributed by atoms with E-state index in [1.807, 2.05) is 0 Å². The van der Waals surface area contributed by atoms with Crippen molar-refractivity contribution in [3.8, 4) is 0 Å². The van der Waals surface area contributed by atoms with Crippen LogP contribution in [0.2, 0.25) is 0 Å². The van der Waals surface area contributed by atoms with Crippen LogP contribution in [0.15, 0.2) is 34.8 Å². The SMILES string of the molecule is CCOC(=O)c1c(C)oc(NC(=O)/C=C/c2cccc([N+](=O)[O-])c2)c1C(N)=O. The number of aryl methyl sites for hydroxylation is 1. The molecule has 0 fully saturated rings. The molecule has 2 aromatic rings. The van der Waals surface area contributed by atoms with Gasteiger partial charge in [-0.15, -0.1) is 0 Å². The van der Waals surface area contributed by atoms with Crippen LogP contribution in [0.3, 0.4) is 0 Å². The normalized spacial score (nSPS) is 10.6. The van der Waals surface area contributed by atoms with E-state index in [1.165, 1.54) is 31.2 Å². The number of benzene rings is 1. The minimum Gasteiger partial charge on any atom is -0.462 e. The number of nitro benzene ring substituents is 1. The van der Waals surface area contributed by atoms with Gasteiger partial charge in [0.2, 0.25) is 5.88 Å². The number of ether oxygens (including phenoxy) is 1. The summed E-state index contributed by atoms with van der Waals surface area (Å²) < 4.78 is 10.2. The first-order chi connectivity index (χ1) is 13.2. The number of nitrogens with zero attached hydrogens (tertiary/aromatic N) is 1. The number of furan rings is 1. The Morgan fingerprint density at radius 2 is 2.04 bits per heavy atom. The van der Waals surface area contributed by atoms with Crippen molar-refractivity contribution < 1.29 is 28.5 Å². The fourth-order valence-electron chi connectivity index (χ4n) is 2.38. The van der Waals surface area contributed by atoms with E-state index in [9.17, 15) is 24.5 Å². The summed E-state index contributed by atoms with van der Waals surface area (Å²) >= 11 is 0. The summed E-state index contributed by atoms with van der Waals surface area (Å²) in [5.74, 6) is -2.70. The predicted molar refractivity (Wildman–Crippen MR) is 98.7 cm³/mol. The molecule has 0 bridgehead atoms. The van der Waals surface area contributed by atoms with Crippen LogP contribution >= 0.6 is 0 Å². The van der Waals surface area contributed by atoms with Crippen molar-refractivity contribution in [2.24, 2.45) is 5.73 Å². The molecular weight excluding hydrogens is 370 g/mol. The van der Waals surface area contributed by atoms with Gasteiger partial charge in [-0.1, -0.05) is 12.1 Å². The molecule has 0 unspecified atom stereocenters. The van der Waals surface area contributed by atoms with Crippen molar-refractivity contribution in [3.63, 3.8) is 0 Å². The molecule has 146 valence electrons. The second kappa shape index (κ2) is 8.62. The van der Waals surface area contributed by atoms with Crippen molar-refractivity contribution in [1.82, 2.24) is 0 Å². The molecule has 0 atom stereocenters. The fourth-order valence-corrected chi connectivity index (χ4v) is 2.38. The minimum absolute atomic E-state index is 0.0604. The molecule has 2 rings (SSSR count). The first kappa shape index (κ1) is 20.4. The van der Waals surface area contributed by atoms with Crippen LogP contribution in [0.1, 0.15) is 39.0 Å². The zero-order valence-corrected chi connectivity index (χ0v) is 15.1. The van der Waals surface area contributed by atoms with Crippen LogP contribution in [0.25, 0.3) is 6.08 Å². The number of carbonyl (C=O) groups excluding carboxylic acids is 3. The number of primary amides is 1. The van der Waals surface area contributed by atoms with Gasteiger partial charge in [-0.2, -0.15) is 0 Å². The highest BCUT2D eigenvalue weighted by molar-refractivity contribution is 6.12. The molecule has 0 radical (unpaired) electrons. The van der Waals surface area contributed by atoms with Gasteiger partial charge in [0, 0.05) is 18.2 Å². The van der Waals surface area contributed by atoms with Gasteiger partial charge in [-0.25, -0.2) is 4.79 Å². The molecule has 10 heteroatoms. The van der Waals surface area contributed by atoms with Gasteiger partial charge in [0.15, 0.2) is 0 Å². The number of rotatable bonds is 7. The monoisotopic (exact) mass is 387 g/mol. The van der Waals surface area contributed by atoms with Crippen LogP contribution in [0, 0.1) is 17.0 Å². The molecule has 2 amide bonds. The van der Waals surface area contributed by atoms with Crippen LogP contribution in [0.5, 0.6) is 0 Å². The van der Waals surface area contributed by atoms with Gasteiger partial charge >= 0.3 is 5.97 Å². The molecule has 1 heterocycles. The number of esters is 1. The molecule has 0 saturated heterocycles. The van der Waals surface area contributed by atoms with Crippen molar-refractivity contribution in [1.29, 1.82) is 0 Å². The van der Waals surface area contributed by atoms with Crippen LogP contribution in [-0.2, 0) is 9.53 Å². The number of nitrogens with one attached hydrogen (secondary N) is 1. The van der Waals surface area contributed by atoms with Crippen LogP contribution < -0.4 is 11.1 Å². The Bertz CT molecular complexity index is 976. The topological polar surface area (TPSA) is 155 Å². The Kier molecular flexibility index (Phi) is 6.27. The first-order valence-corrected chi connectivity index (χ1v) is 8.08. The van der Waals surface area contributed by atoms with Crippen molar-refractivity contribution in [2.75, 3.05) is 11.9 Å². The van der Waals surface area contributed by atoms with E-state index in [4.69, 9.17) is 14.9 Å². The van der Waals surface area contributed by atoms with E-state index in [1.54, 1.807) is 13.0 Å². The predicted octanol–water partition coefficient (Wildman–Crippen LogP) is 2.42. The number of carbonyl (C=O) groups is 3. The van der Waals surface area contributed by atoms with Gasteiger partial charge in [-0.05, 0) is 25.5 Å². The molecule has 0 aliphatic heterocycles. The lowest BCUT2D eigenvalue weighted by Crippen LogP contribution is -2.19. The van der Waals surface area contributed by atoms with Crippen LogP contribution in [0.4, 0.5) is 11.6 Å². The Morgan fingerprint density at radius 3 is 2.64 bits per heavy atom. The number of anilines is 1. The lowest BCUT2D eigenvalue weighted by molar-refractivity contribution is -0.384. The summed E-state index contributed by atoms with van der Waals surface area (Å²) in [6.45, 7) is 3.10. The lowest BCUT2D eigenvalue weighted by atomic mass is 10.1. The molecule has 0 spiro atoms. The number of hydrogen-bond acceptors (Lipinski definition) is 7. The third-order valence-electron chi connectivity index (χ3n) is 3.56. The van der Waals surface area contributed by atoms with E-state index in [-0.39, 0.29) is 35.1 Å². The van der Waals surface area contributed by atoms with E-state index in [0.29, 0.717) is 5.56 Å². The molecule has 10 nitrogen and oxygen atoms in total. The molecule has 28 heavy (non-hydrogen) atoms. The van der Waals surface area contributed by atoms with Gasteiger partial charge in [0.05, 0.1) is 11.5 Å². The number of amides is 2. The highest BCUT2D eigenvalue weighted by Gasteiger charge is 2.28. The number of nitrogens with two attached hydrogens (primary N) is 1. The highest BCUT2D eigenvalue weighted by Crippen LogP contribution is 2.27. The van der Waals surface area contributed by atoms with Crippen molar-refractivity contribution in [3.05, 3.63) is 62.9 Å². The molecule has 1 aromatic carbocycles. The largest absolute Gasteiger partial charge is 0.462 e. The molecule has 0 aliphatic rings. The number of nitro groups is 1. The van der Waals surface area contributed by atoms with Gasteiger partial charge in [0.25, 0.3) is 17.5 Å². The Hall–Kier alpha value is -3.95. The molecular formula is C18H17N3O7. The number of hydrogen-bond donors (Lipinski definition) is 2. The molecule has 0 saturated carbocycles. The summed E-state index contributed by atoms with van der Waals surface area (Å²) in [6.07, 6.45) is 2.43. The van der Waals surface area contributed by atoms with Crippen LogP contribution in [-0.4, -0.2) is 29.3 Å². The molecule has 0 aliphatic carbocycles. The van der Waals surface area contributed by atoms with Crippen molar-refractivity contribution >= 4 is 35.4 Å². The maximum absolute atomic E-state index is 12.1. The van der Waals surface area contributed by atoms with E-state index < -0.39 is 22.7 Å². The quantitative estimate of drug-likeness (QED) is 0.320. The second-order valence-electron chi connectivity index (χ2n) is 5.50. The zero-order valence-electron chi connectivity index (χ0n) is 15.1. The molecule has 1 aromatic heterocycles. The Labute approximate surface area is 159 Å². The van der Waals surface area contributed by atoms with E-state index >= 15 is 0 Å². The Balaban J connectivity index is 2.25. The summed E-state index contributed by atoms with van der Waals surface area (Å²) in [4.78, 5) is 46.1. The third-order valence-corrected chi connectivity index (χ3v) is 3.56. The lowest BCUT2D eigenvalue weighted by Gasteiger charge is -2.03. The van der Waals surface area contributed by atoms with Crippen molar-refractivity contribution in [2.45, 2.75) is 13.8 Å². The Morgan fingerprint density at radius 1 is 1.32 bits per heavy atom. The standard InChI is InChI=1S/C18H17N3O7/c1-3-27-18(24)14-10(2)28-17(15(14)16(19)23)20-13(22)8-7-11-5-4-6-12(9-11)21(25)26/h4-9H,3H2,1-2H3,(H2,19,23)(H,20,22)/b8-7+. The average Bonchev–Trinajstić information content (AvgIpc) is 2.96. The smallest absolute Gasteiger partial charge is 0.342 e. The fraction of sp³-hybridized carbons (Fsp3) is 0.167. The minimum atomic E-state index is -0.974. The highest BCUT2D eigenvalue weighted by atomic mass is 16.6. The molecule has 3 N–H and O–H groups in total. The summed E-state index contributed by atoms with van der Waals surface area (Å²) in [5.41, 5.74) is 5.14. The summed E-state index contributed by atoms with van der Waals surface area (Å²) in [5, 5.41) is 13.1. The summed E-state index contributed by atoms with van der Waals surface area (Å²) in [6, 6.07) is 5.65. The first-order valence-electron chi connectivity index (χ1n) is 8.08. The van der Waals surface area contributed by atoms with E-state index in [2.05, 4.69) is 5.32 Å². The third kappa shape index (κ3) is 4.61. The van der Waals surface area contributed by atoms with Gasteiger partial charge in [0.1, 0.15) is 16.9 Å². The maximum atomic E-state index is 12.1. The van der Waals surface area contributed by atoms with Gasteiger partial charge < -0.3 is 14.9 Å². The zero-order chi connectivity index (χ0) is 20.8.